The van der Waals surface area contributed by atoms with Gasteiger partial charge >= 0.3 is 0 Å². The van der Waals surface area contributed by atoms with Crippen LogP contribution in [0.5, 0.6) is 0 Å². The molecule has 4 nitrogen and oxygen atoms in total. The van der Waals surface area contributed by atoms with Crippen molar-refractivity contribution in [2.24, 2.45) is 0 Å². The average molecular weight is 418 g/mol. The lowest BCUT2D eigenvalue weighted by atomic mass is 10.0. The van der Waals surface area contributed by atoms with Crippen molar-refractivity contribution in [3.05, 3.63) is 75.8 Å². The van der Waals surface area contributed by atoms with E-state index < -0.39 is 17.5 Å². The minimum absolute atomic E-state index is 0.0371. The summed E-state index contributed by atoms with van der Waals surface area (Å²) in [7, 11) is 0. The fourth-order valence-corrected chi connectivity index (χ4v) is 3.85. The molecule has 140 valence electrons. The number of amides is 1. The Morgan fingerprint density at radius 3 is 2.64 bits per heavy atom. The molecule has 0 atom stereocenters. The topological polar surface area (TPSA) is 59.3 Å². The maximum atomic E-state index is 14.2. The predicted octanol–water partition coefficient (Wildman–Crippen LogP) is 6.16. The highest BCUT2D eigenvalue weighted by atomic mass is 35.5. The molecular formula is C20H10ClF2NO3S. The van der Waals surface area contributed by atoms with Crippen molar-refractivity contribution in [3.8, 4) is 11.1 Å². The van der Waals surface area contributed by atoms with Crippen molar-refractivity contribution in [1.82, 2.24) is 0 Å². The molecule has 0 aliphatic rings. The maximum Gasteiger partial charge on any atom is 0.292 e. The van der Waals surface area contributed by atoms with Gasteiger partial charge in [-0.25, -0.2) is 8.78 Å². The van der Waals surface area contributed by atoms with Crippen LogP contribution in [-0.2, 0) is 0 Å². The van der Waals surface area contributed by atoms with E-state index in [1.807, 2.05) is 6.07 Å². The largest absolute Gasteiger partial charge is 0.451 e. The van der Waals surface area contributed by atoms with E-state index >= 15 is 0 Å². The first-order chi connectivity index (χ1) is 13.5. The summed E-state index contributed by atoms with van der Waals surface area (Å²) in [5, 5.41) is 4.65. The van der Waals surface area contributed by atoms with Crippen LogP contribution in [0.25, 0.3) is 22.1 Å². The molecule has 2 aromatic heterocycles. The zero-order valence-electron chi connectivity index (χ0n) is 14.0. The standard InChI is InChI=1S/C20H10ClF2NO3S/c21-14-7-15(22)11(6-16(14)23)13-9-28-20(12(13)8-25)24-19(26)18-5-10-3-1-2-4-17(10)27-18/h1-9H,(H,24,26). The first-order valence-corrected chi connectivity index (χ1v) is 9.25. The molecule has 8 heteroatoms. The summed E-state index contributed by atoms with van der Waals surface area (Å²) >= 11 is 6.59. The summed E-state index contributed by atoms with van der Waals surface area (Å²) in [6.45, 7) is 0. The number of fused-ring (bicyclic) bond motifs is 1. The van der Waals surface area contributed by atoms with Crippen LogP contribution in [0.2, 0.25) is 5.02 Å². The molecule has 0 radical (unpaired) electrons. The van der Waals surface area contributed by atoms with E-state index in [2.05, 4.69) is 5.32 Å². The van der Waals surface area contributed by atoms with Crippen molar-refractivity contribution in [2.75, 3.05) is 5.32 Å². The quantitative estimate of drug-likeness (QED) is 0.319. The lowest BCUT2D eigenvalue weighted by Gasteiger charge is -2.05. The highest BCUT2D eigenvalue weighted by Crippen LogP contribution is 2.37. The van der Waals surface area contributed by atoms with Crippen LogP contribution in [0.4, 0.5) is 13.8 Å². The fourth-order valence-electron chi connectivity index (χ4n) is 2.78. The van der Waals surface area contributed by atoms with Crippen LogP contribution in [0, 0.1) is 11.6 Å². The van der Waals surface area contributed by atoms with Gasteiger partial charge in [0, 0.05) is 21.9 Å². The van der Waals surface area contributed by atoms with Crippen molar-refractivity contribution >= 4 is 51.1 Å². The predicted molar refractivity (Wildman–Crippen MR) is 104 cm³/mol. The molecule has 0 unspecified atom stereocenters. The number of para-hydroxylation sites is 1. The molecule has 0 spiro atoms. The van der Waals surface area contributed by atoms with Crippen LogP contribution in [-0.4, -0.2) is 12.2 Å². The van der Waals surface area contributed by atoms with Gasteiger partial charge < -0.3 is 9.73 Å². The van der Waals surface area contributed by atoms with E-state index in [4.69, 9.17) is 16.0 Å². The Morgan fingerprint density at radius 1 is 1.11 bits per heavy atom. The first-order valence-electron chi connectivity index (χ1n) is 7.99. The number of rotatable bonds is 4. The summed E-state index contributed by atoms with van der Waals surface area (Å²) in [5.41, 5.74) is 0.626. The van der Waals surface area contributed by atoms with Crippen LogP contribution >= 0.6 is 22.9 Å². The van der Waals surface area contributed by atoms with E-state index in [0.717, 1.165) is 28.9 Å². The van der Waals surface area contributed by atoms with Crippen LogP contribution in [0.3, 0.4) is 0 Å². The molecule has 0 fully saturated rings. The first kappa shape index (κ1) is 18.3. The third-order valence-corrected chi connectivity index (χ3v) is 5.32. The molecule has 2 heterocycles. The molecule has 1 N–H and O–H groups in total. The van der Waals surface area contributed by atoms with Crippen molar-refractivity contribution in [2.45, 2.75) is 0 Å². The molecule has 0 saturated carbocycles. The van der Waals surface area contributed by atoms with E-state index in [-0.39, 0.29) is 32.5 Å². The zero-order chi connectivity index (χ0) is 19.8. The van der Waals surface area contributed by atoms with E-state index in [1.54, 1.807) is 24.3 Å². The molecule has 1 amide bonds. The van der Waals surface area contributed by atoms with Crippen LogP contribution in [0.1, 0.15) is 20.9 Å². The number of thiophene rings is 1. The summed E-state index contributed by atoms with van der Waals surface area (Å²) in [6, 6.07) is 10.5. The maximum absolute atomic E-state index is 14.2. The van der Waals surface area contributed by atoms with Gasteiger partial charge in [-0.1, -0.05) is 29.8 Å². The number of aldehydes is 1. The molecule has 0 bridgehead atoms. The summed E-state index contributed by atoms with van der Waals surface area (Å²) in [5.74, 6) is -2.08. The summed E-state index contributed by atoms with van der Waals surface area (Å²) in [6.07, 6.45) is 0.478. The van der Waals surface area contributed by atoms with Gasteiger partial charge in [-0.2, -0.15) is 0 Å². The Bertz CT molecular complexity index is 1200. The number of furan rings is 1. The molecule has 0 aliphatic carbocycles. The number of halogens is 3. The van der Waals surface area contributed by atoms with Crippen molar-refractivity contribution < 1.29 is 22.8 Å². The van der Waals surface area contributed by atoms with E-state index in [1.165, 1.54) is 5.38 Å². The molecule has 0 saturated heterocycles. The minimum atomic E-state index is -0.811. The van der Waals surface area contributed by atoms with Gasteiger partial charge in [-0.05, 0) is 24.3 Å². The number of carbonyl (C=O) groups excluding carboxylic acids is 2. The Kier molecular flexibility index (Phi) is 4.70. The number of nitrogens with one attached hydrogen (secondary N) is 1. The van der Waals surface area contributed by atoms with E-state index in [0.29, 0.717) is 11.9 Å². The summed E-state index contributed by atoms with van der Waals surface area (Å²) < 4.78 is 33.5. The average Bonchev–Trinajstić information content (AvgIpc) is 3.28. The third-order valence-electron chi connectivity index (χ3n) is 4.12. The monoisotopic (exact) mass is 417 g/mol. The number of benzene rings is 2. The Balaban J connectivity index is 1.69. The number of hydrogen-bond donors (Lipinski definition) is 1. The summed E-state index contributed by atoms with van der Waals surface area (Å²) in [4.78, 5) is 24.1. The second kappa shape index (κ2) is 7.18. The fraction of sp³-hybridized carbons (Fsp3) is 0. The van der Waals surface area contributed by atoms with Gasteiger partial charge in [0.1, 0.15) is 22.2 Å². The second-order valence-corrected chi connectivity index (χ2v) is 7.15. The number of anilines is 1. The van der Waals surface area contributed by atoms with Gasteiger partial charge in [0.2, 0.25) is 0 Å². The lowest BCUT2D eigenvalue weighted by Crippen LogP contribution is -2.11. The van der Waals surface area contributed by atoms with Crippen LogP contribution in [0.15, 0.2) is 52.3 Å². The Hall–Kier alpha value is -3.03. The number of carbonyl (C=O) groups is 2. The van der Waals surface area contributed by atoms with E-state index in [9.17, 15) is 18.4 Å². The second-order valence-electron chi connectivity index (χ2n) is 5.86. The Labute approximate surface area is 166 Å². The molecule has 4 aromatic rings. The Morgan fingerprint density at radius 2 is 1.89 bits per heavy atom. The minimum Gasteiger partial charge on any atom is -0.451 e. The molecule has 0 aliphatic heterocycles. The van der Waals surface area contributed by atoms with Gasteiger partial charge in [0.25, 0.3) is 5.91 Å². The molecule has 4 rings (SSSR count). The lowest BCUT2D eigenvalue weighted by molar-refractivity contribution is 0.0999. The third kappa shape index (κ3) is 3.19. The smallest absolute Gasteiger partial charge is 0.292 e. The van der Waals surface area contributed by atoms with Crippen molar-refractivity contribution in [1.29, 1.82) is 0 Å². The van der Waals surface area contributed by atoms with Gasteiger partial charge in [-0.3, -0.25) is 9.59 Å². The normalized spacial score (nSPS) is 11.0. The highest BCUT2D eigenvalue weighted by Gasteiger charge is 2.21. The highest BCUT2D eigenvalue weighted by molar-refractivity contribution is 7.15. The van der Waals surface area contributed by atoms with Crippen LogP contribution < -0.4 is 5.32 Å². The molecule has 2 aromatic carbocycles. The SMILES string of the molecule is O=Cc1c(-c2cc(F)c(Cl)cc2F)csc1NC(=O)c1cc2ccccc2o1. The van der Waals surface area contributed by atoms with Gasteiger partial charge in [0.05, 0.1) is 10.6 Å². The number of hydrogen-bond acceptors (Lipinski definition) is 4. The zero-order valence-corrected chi connectivity index (χ0v) is 15.5. The van der Waals surface area contributed by atoms with Gasteiger partial charge in [0.15, 0.2) is 12.0 Å². The van der Waals surface area contributed by atoms with Crippen molar-refractivity contribution in [3.63, 3.8) is 0 Å². The van der Waals surface area contributed by atoms with Gasteiger partial charge in [-0.15, -0.1) is 11.3 Å². The molecule has 28 heavy (non-hydrogen) atoms. The molecular weight excluding hydrogens is 408 g/mol.